The first kappa shape index (κ1) is 14.7. The molecule has 18 heavy (non-hydrogen) atoms. The maximum atomic E-state index is 11.5. The van der Waals surface area contributed by atoms with E-state index in [1.165, 1.54) is 0 Å². The van der Waals surface area contributed by atoms with E-state index in [2.05, 4.69) is 20.6 Å². The number of hydrogen-bond donors (Lipinski definition) is 2. The first-order valence-corrected chi connectivity index (χ1v) is 6.43. The van der Waals surface area contributed by atoms with Gasteiger partial charge in [0.15, 0.2) is 0 Å². The van der Waals surface area contributed by atoms with E-state index in [0.29, 0.717) is 29.8 Å². The number of rotatable bonds is 6. The predicted molar refractivity (Wildman–Crippen MR) is 72.8 cm³/mol. The summed E-state index contributed by atoms with van der Waals surface area (Å²) < 4.78 is 0. The van der Waals surface area contributed by atoms with Gasteiger partial charge >= 0.3 is 0 Å². The van der Waals surface area contributed by atoms with Crippen LogP contribution in [0.25, 0.3) is 0 Å². The molecule has 6 heteroatoms. The molecule has 0 aromatic carbocycles. The van der Waals surface area contributed by atoms with Crippen LogP contribution in [0, 0.1) is 6.92 Å². The Labute approximate surface area is 112 Å². The molecule has 100 valence electrons. The first-order chi connectivity index (χ1) is 8.51. The lowest BCUT2D eigenvalue weighted by Crippen LogP contribution is -2.33. The van der Waals surface area contributed by atoms with Crippen molar-refractivity contribution >= 4 is 23.3 Å². The molecule has 0 radical (unpaired) electrons. The number of aromatic nitrogens is 2. The second-order valence-corrected chi connectivity index (χ2v) is 4.56. The van der Waals surface area contributed by atoms with Crippen molar-refractivity contribution in [2.45, 2.75) is 39.7 Å². The number of anilines is 1. The van der Waals surface area contributed by atoms with Crippen molar-refractivity contribution < 1.29 is 4.79 Å². The minimum absolute atomic E-state index is 0.0359. The van der Waals surface area contributed by atoms with Crippen molar-refractivity contribution in [1.82, 2.24) is 15.3 Å². The van der Waals surface area contributed by atoms with Crippen LogP contribution in [0.15, 0.2) is 6.07 Å². The summed E-state index contributed by atoms with van der Waals surface area (Å²) >= 11 is 5.81. The van der Waals surface area contributed by atoms with Gasteiger partial charge in [-0.1, -0.05) is 18.5 Å². The summed E-state index contributed by atoms with van der Waals surface area (Å²) in [6, 6.07) is 1.86. The minimum atomic E-state index is 0.0359. The molecule has 1 aromatic heterocycles. The topological polar surface area (TPSA) is 66.9 Å². The molecule has 2 N–H and O–H groups in total. The Balaban J connectivity index is 2.35. The second-order valence-electron chi connectivity index (χ2n) is 4.18. The molecule has 0 saturated heterocycles. The van der Waals surface area contributed by atoms with Gasteiger partial charge in [-0.3, -0.25) is 4.79 Å². The van der Waals surface area contributed by atoms with Crippen molar-refractivity contribution in [3.05, 3.63) is 17.0 Å². The Bertz CT molecular complexity index is 391. The van der Waals surface area contributed by atoms with Crippen LogP contribution in [0.5, 0.6) is 0 Å². The van der Waals surface area contributed by atoms with Gasteiger partial charge in [-0.15, -0.1) is 0 Å². The van der Waals surface area contributed by atoms with Crippen molar-refractivity contribution in [3.8, 4) is 0 Å². The van der Waals surface area contributed by atoms with E-state index in [4.69, 9.17) is 11.6 Å². The molecule has 1 amide bonds. The number of hydrogen-bond acceptors (Lipinski definition) is 4. The highest BCUT2D eigenvalue weighted by molar-refractivity contribution is 6.29. The monoisotopic (exact) mass is 270 g/mol. The van der Waals surface area contributed by atoms with E-state index >= 15 is 0 Å². The van der Waals surface area contributed by atoms with Gasteiger partial charge in [-0.05, 0) is 20.3 Å². The fraction of sp³-hybridized carbons (Fsp3) is 0.583. The molecule has 1 aromatic rings. The first-order valence-electron chi connectivity index (χ1n) is 6.05. The lowest BCUT2D eigenvalue weighted by molar-refractivity contribution is -0.121. The maximum absolute atomic E-state index is 11.5. The number of halogens is 1. The average Bonchev–Trinajstić information content (AvgIpc) is 2.27. The summed E-state index contributed by atoms with van der Waals surface area (Å²) in [4.78, 5) is 19.7. The van der Waals surface area contributed by atoms with E-state index in [0.717, 1.165) is 6.42 Å². The largest absolute Gasteiger partial charge is 0.369 e. The fourth-order valence-electron chi connectivity index (χ4n) is 1.37. The number of amides is 1. The highest BCUT2D eigenvalue weighted by atomic mass is 35.5. The zero-order valence-electron chi connectivity index (χ0n) is 11.0. The van der Waals surface area contributed by atoms with Gasteiger partial charge in [-0.25, -0.2) is 9.97 Å². The highest BCUT2D eigenvalue weighted by Crippen LogP contribution is 2.10. The summed E-state index contributed by atoms with van der Waals surface area (Å²) in [7, 11) is 0. The van der Waals surface area contributed by atoms with Crippen molar-refractivity contribution in [2.75, 3.05) is 11.9 Å². The summed E-state index contributed by atoms with van der Waals surface area (Å²) in [5.74, 6) is 1.28. The molecule has 5 nitrogen and oxygen atoms in total. The number of carbonyl (C=O) groups is 1. The van der Waals surface area contributed by atoms with Crippen molar-refractivity contribution in [1.29, 1.82) is 0 Å². The predicted octanol–water partition coefficient (Wildman–Crippen LogP) is 2.16. The van der Waals surface area contributed by atoms with E-state index in [9.17, 15) is 4.79 Å². The lowest BCUT2D eigenvalue weighted by atomic mass is 10.2. The molecule has 0 bridgehead atoms. The molecular formula is C12H19ClN4O. The van der Waals surface area contributed by atoms with E-state index in [-0.39, 0.29) is 11.9 Å². The third kappa shape index (κ3) is 5.31. The van der Waals surface area contributed by atoms with Crippen molar-refractivity contribution in [2.24, 2.45) is 0 Å². The zero-order chi connectivity index (χ0) is 13.5. The summed E-state index contributed by atoms with van der Waals surface area (Å²) in [6.07, 6.45) is 1.34. The second kappa shape index (κ2) is 7.16. The maximum Gasteiger partial charge on any atom is 0.221 e. The molecule has 1 heterocycles. The van der Waals surface area contributed by atoms with Crippen LogP contribution in [-0.4, -0.2) is 28.5 Å². The molecular weight excluding hydrogens is 252 g/mol. The lowest BCUT2D eigenvalue weighted by Gasteiger charge is -2.11. The van der Waals surface area contributed by atoms with Gasteiger partial charge in [0.05, 0.1) is 0 Å². The summed E-state index contributed by atoms with van der Waals surface area (Å²) in [6.45, 7) is 6.31. The van der Waals surface area contributed by atoms with Crippen LogP contribution < -0.4 is 10.6 Å². The quantitative estimate of drug-likeness (QED) is 0.778. The average molecular weight is 271 g/mol. The summed E-state index contributed by atoms with van der Waals surface area (Å²) in [5, 5.41) is 6.35. The molecule has 1 rings (SSSR count). The van der Waals surface area contributed by atoms with Crippen LogP contribution in [0.2, 0.25) is 5.15 Å². The van der Waals surface area contributed by atoms with Gasteiger partial charge in [0, 0.05) is 25.1 Å². The van der Waals surface area contributed by atoms with Gasteiger partial charge in [0.2, 0.25) is 5.91 Å². The molecule has 0 aliphatic rings. The third-order valence-corrected chi connectivity index (χ3v) is 2.68. The van der Waals surface area contributed by atoms with Crippen LogP contribution in [0.4, 0.5) is 5.82 Å². The minimum Gasteiger partial charge on any atom is -0.369 e. The number of aryl methyl sites for hydroxylation is 1. The standard InChI is InChI=1S/C12H19ClN4O/c1-4-8(2)15-12(18)5-6-14-11-7-10(13)16-9(3)17-11/h7-8H,4-6H2,1-3H3,(H,15,18)(H,14,16,17). The van der Waals surface area contributed by atoms with Gasteiger partial charge in [0.25, 0.3) is 0 Å². The number of nitrogens with one attached hydrogen (secondary N) is 2. The molecule has 0 aliphatic carbocycles. The van der Waals surface area contributed by atoms with Crippen LogP contribution in [-0.2, 0) is 4.79 Å². The van der Waals surface area contributed by atoms with Gasteiger partial charge in [0.1, 0.15) is 16.8 Å². The highest BCUT2D eigenvalue weighted by Gasteiger charge is 2.05. The van der Waals surface area contributed by atoms with E-state index < -0.39 is 0 Å². The molecule has 0 fully saturated rings. The fourth-order valence-corrected chi connectivity index (χ4v) is 1.60. The zero-order valence-corrected chi connectivity index (χ0v) is 11.7. The Morgan fingerprint density at radius 3 is 2.83 bits per heavy atom. The van der Waals surface area contributed by atoms with E-state index in [1.54, 1.807) is 13.0 Å². The molecule has 0 spiro atoms. The summed E-state index contributed by atoms with van der Waals surface area (Å²) in [5.41, 5.74) is 0. The normalized spacial score (nSPS) is 12.0. The smallest absolute Gasteiger partial charge is 0.221 e. The Kier molecular flexibility index (Phi) is 5.85. The SMILES string of the molecule is CCC(C)NC(=O)CCNc1cc(Cl)nc(C)n1. The number of nitrogens with zero attached hydrogens (tertiary/aromatic N) is 2. The van der Waals surface area contributed by atoms with Gasteiger partial charge < -0.3 is 10.6 Å². The van der Waals surface area contributed by atoms with Crippen LogP contribution in [0.1, 0.15) is 32.5 Å². The number of carbonyl (C=O) groups excluding carboxylic acids is 1. The Morgan fingerprint density at radius 1 is 1.50 bits per heavy atom. The third-order valence-electron chi connectivity index (χ3n) is 2.48. The Morgan fingerprint density at radius 2 is 2.22 bits per heavy atom. The molecule has 1 atom stereocenters. The molecule has 0 aliphatic heterocycles. The Hall–Kier alpha value is -1.36. The van der Waals surface area contributed by atoms with Crippen LogP contribution >= 0.6 is 11.6 Å². The van der Waals surface area contributed by atoms with Gasteiger partial charge in [-0.2, -0.15) is 0 Å². The molecule has 0 saturated carbocycles. The molecule has 1 unspecified atom stereocenters. The van der Waals surface area contributed by atoms with E-state index in [1.807, 2.05) is 13.8 Å². The van der Waals surface area contributed by atoms with Crippen LogP contribution in [0.3, 0.4) is 0 Å². The van der Waals surface area contributed by atoms with Crippen molar-refractivity contribution in [3.63, 3.8) is 0 Å².